The summed E-state index contributed by atoms with van der Waals surface area (Å²) in [4.78, 5) is 9.47. The van der Waals surface area contributed by atoms with Gasteiger partial charge in [-0.3, -0.25) is 9.55 Å². The number of nitrogens with zero attached hydrogens (tertiary/aromatic N) is 3. The first-order valence-electron chi connectivity index (χ1n) is 34.6. The molecule has 0 aliphatic heterocycles. The number of phenolic OH excluding ortho intramolecular Hbond substituents is 1. The number of aromatic nitrogens is 3. The van der Waals surface area contributed by atoms with Crippen LogP contribution in [0.2, 0.25) is 0 Å². The van der Waals surface area contributed by atoms with Crippen molar-refractivity contribution in [1.29, 1.82) is 0 Å². The highest BCUT2D eigenvalue weighted by molar-refractivity contribution is 5.98. The fourth-order valence-corrected chi connectivity index (χ4v) is 7.64. The van der Waals surface area contributed by atoms with Gasteiger partial charge in [-0.1, -0.05) is 173 Å². The van der Waals surface area contributed by atoms with Gasteiger partial charge in [0.2, 0.25) is 0 Å². The number of hydrogen-bond acceptors (Lipinski definition) is 3. The topological polar surface area (TPSA) is 50.9 Å². The molecule has 0 aliphatic carbocycles. The van der Waals surface area contributed by atoms with Crippen LogP contribution in [-0.2, 0) is 21.7 Å². The van der Waals surface area contributed by atoms with E-state index in [9.17, 15) is 6.48 Å². The average Bonchev–Trinajstić information content (AvgIpc) is 0.816. The van der Waals surface area contributed by atoms with Gasteiger partial charge in [-0.2, -0.15) is 0 Å². The Morgan fingerprint density at radius 3 is 2.00 bits per heavy atom. The van der Waals surface area contributed by atoms with Crippen molar-refractivity contribution < 1.29 is 43.5 Å². The molecule has 0 amide bonds. The van der Waals surface area contributed by atoms with Crippen LogP contribution in [-0.4, -0.2) is 19.6 Å². The van der Waals surface area contributed by atoms with Crippen molar-refractivity contribution in [2.24, 2.45) is 0 Å². The van der Waals surface area contributed by atoms with Gasteiger partial charge < -0.3 is 5.11 Å². The van der Waals surface area contributed by atoms with Gasteiger partial charge in [-0.15, -0.1) is 0 Å². The maximum absolute atomic E-state index is 13.1. The summed E-state index contributed by atoms with van der Waals surface area (Å²) in [6.07, 6.45) is -0.152. The predicted octanol–water partition coefficient (Wildman–Crippen LogP) is 16.3. The molecule has 8 rings (SSSR count). The Hall–Kier alpha value is -6.26. The smallest absolute Gasteiger partial charge is 0.149 e. The van der Waals surface area contributed by atoms with Crippen LogP contribution in [0, 0.1) is 6.85 Å². The van der Waals surface area contributed by atoms with E-state index in [4.69, 9.17) is 42.0 Å². The zero-order valence-electron chi connectivity index (χ0n) is 64.2. The molecular weight excluding hydrogens is 779 g/mol. The molecule has 0 aliphatic rings. The molecule has 6 aromatic carbocycles. The zero-order valence-corrected chi connectivity index (χ0v) is 36.2. The van der Waals surface area contributed by atoms with Crippen molar-refractivity contribution >= 4 is 11.0 Å². The number of phenols is 1. The summed E-state index contributed by atoms with van der Waals surface area (Å²) in [6.45, 7) is -16.8. The lowest BCUT2D eigenvalue weighted by Gasteiger charge is -2.28. The average molecular weight is 872 g/mol. The van der Waals surface area contributed by atoms with Gasteiger partial charge in [0.15, 0.2) is 0 Å². The third-order valence-corrected chi connectivity index (χ3v) is 11.7. The van der Waals surface area contributed by atoms with Crippen LogP contribution in [0.25, 0.3) is 72.7 Å². The number of benzene rings is 6. The molecule has 2 heterocycles. The first-order valence-corrected chi connectivity index (χ1v) is 20.6. The van der Waals surface area contributed by atoms with E-state index in [-0.39, 0.29) is 45.2 Å². The largest absolute Gasteiger partial charge is 0.507 e. The molecule has 0 saturated heterocycles. The molecule has 0 bridgehead atoms. The van der Waals surface area contributed by atoms with Gasteiger partial charge in [0.1, 0.15) is 11.6 Å². The summed E-state index contributed by atoms with van der Waals surface area (Å²) in [7, 11) is 0. The SMILES string of the molecule is [2H]c1nc(-c2cc(-c3cccc4c3nc(-c3cc(C(C([2H])([2H])[2H])(C([2H])([2H])[2H])C([2H])([2H])[2H])cc(C(C([2H])([2H])[2H])(C([2H])([2H])[2H])C([2H])([2H])[2H])c3O)n4-c3ccc(C(C)(C)CC)cc3-c3ccccc3)cc(C(C)(C)C)c2)c([2H])c(-c2c([2H])c([2H])c(C([2H])([2H])[2H])c([2H])c2[2H])c1[2H]. The van der Waals surface area contributed by atoms with Crippen LogP contribution >= 0.6 is 0 Å². The molecule has 4 heteroatoms. The molecule has 0 saturated carbocycles. The molecule has 4 nitrogen and oxygen atoms in total. The van der Waals surface area contributed by atoms with Crippen molar-refractivity contribution in [3.8, 4) is 67.5 Å². The van der Waals surface area contributed by atoms with Gasteiger partial charge >= 0.3 is 0 Å². The highest BCUT2D eigenvalue weighted by Gasteiger charge is 2.30. The maximum Gasteiger partial charge on any atom is 0.149 e. The second kappa shape index (κ2) is 16.4. The zero-order chi connectivity index (χ0) is 69.5. The first kappa shape index (κ1) is 21.6. The molecule has 326 valence electrons. The highest BCUT2D eigenvalue weighted by atomic mass is 16.3. The number of rotatable bonds is 8. The van der Waals surface area contributed by atoms with Crippen molar-refractivity contribution in [3.63, 3.8) is 0 Å². The Kier molecular flexibility index (Phi) is 5.53. The van der Waals surface area contributed by atoms with Gasteiger partial charge in [0.05, 0.1) is 37.6 Å². The lowest BCUT2D eigenvalue weighted by Crippen LogP contribution is -2.17. The van der Waals surface area contributed by atoms with Gasteiger partial charge in [-0.25, -0.2) is 4.98 Å². The van der Waals surface area contributed by atoms with E-state index in [1.54, 1.807) is 72.8 Å². The van der Waals surface area contributed by atoms with Crippen molar-refractivity contribution in [2.75, 3.05) is 0 Å². The van der Waals surface area contributed by atoms with E-state index in [0.29, 0.717) is 29.2 Å². The van der Waals surface area contributed by atoms with Gasteiger partial charge in [0, 0.05) is 57.2 Å². The van der Waals surface area contributed by atoms with E-state index in [1.165, 1.54) is 10.6 Å². The highest BCUT2D eigenvalue weighted by Crippen LogP contribution is 2.46. The summed E-state index contributed by atoms with van der Waals surface area (Å²) in [5, 5.41) is 13.1. The Balaban J connectivity index is 1.64. The lowest BCUT2D eigenvalue weighted by molar-refractivity contribution is 0.446. The summed E-state index contributed by atoms with van der Waals surface area (Å²) in [6, 6.07) is 19.3. The number of para-hydroxylation sites is 1. The minimum absolute atomic E-state index is 0.0503. The molecule has 0 spiro atoms. The first-order chi connectivity index (χ1) is 41.8. The molecule has 0 radical (unpaired) electrons. The van der Waals surface area contributed by atoms with Gasteiger partial charge in [-0.05, 0) is 122 Å². The third kappa shape index (κ3) is 8.55. The van der Waals surface area contributed by atoms with E-state index >= 15 is 0 Å². The Labute approximate surface area is 421 Å². The Morgan fingerprint density at radius 2 is 1.31 bits per heavy atom. The Morgan fingerprint density at radius 1 is 0.609 bits per heavy atom. The normalized spacial score (nSPS) is 20.3. The quantitative estimate of drug-likeness (QED) is 0.165. The lowest BCUT2D eigenvalue weighted by atomic mass is 9.78. The molecule has 0 atom stereocenters. The molecular formula is C60H65N3O. The molecule has 1 N–H and O–H groups in total. The van der Waals surface area contributed by atoms with Crippen LogP contribution in [0.1, 0.15) is 155 Å². The number of pyridine rings is 1. The number of hydrogen-bond donors (Lipinski definition) is 1. The monoisotopic (exact) mass is 872 g/mol. The molecule has 2 aromatic heterocycles. The summed E-state index contributed by atoms with van der Waals surface area (Å²) in [5.74, 6) is -2.04. The summed E-state index contributed by atoms with van der Waals surface area (Å²) in [5.41, 5.74) is -12.9. The van der Waals surface area contributed by atoms with E-state index in [2.05, 4.69) is 4.98 Å². The number of imidazole rings is 1. The maximum atomic E-state index is 13.1. The van der Waals surface area contributed by atoms with Crippen molar-refractivity contribution in [1.82, 2.24) is 14.5 Å². The van der Waals surface area contributed by atoms with E-state index in [0.717, 1.165) is 5.56 Å². The molecule has 0 unspecified atom stereocenters. The number of fused-ring (bicyclic) bond motifs is 1. The fraction of sp³-hybridized carbons (Fsp3) is 0.300. The summed E-state index contributed by atoms with van der Waals surface area (Å²) < 4.78 is 247. The third-order valence-electron chi connectivity index (χ3n) is 11.7. The molecule has 0 fully saturated rings. The van der Waals surface area contributed by atoms with Crippen LogP contribution in [0.5, 0.6) is 5.75 Å². The number of aromatic hydroxyl groups is 1. The molecule has 64 heavy (non-hydrogen) atoms. The van der Waals surface area contributed by atoms with Crippen LogP contribution < -0.4 is 0 Å². The second-order valence-corrected chi connectivity index (χ2v) is 17.7. The van der Waals surface area contributed by atoms with Crippen LogP contribution in [0.3, 0.4) is 0 Å². The minimum Gasteiger partial charge on any atom is -0.507 e. The van der Waals surface area contributed by atoms with Crippen LogP contribution in [0.15, 0.2) is 139 Å². The predicted molar refractivity (Wildman–Crippen MR) is 272 cm³/mol. The van der Waals surface area contributed by atoms with Crippen molar-refractivity contribution in [2.45, 2.75) is 118 Å². The minimum atomic E-state index is -4.25. The molecule has 8 aromatic rings. The Bertz CT molecular complexity index is 4110. The van der Waals surface area contributed by atoms with E-state index < -0.39 is 157 Å². The van der Waals surface area contributed by atoms with Gasteiger partial charge in [0.25, 0.3) is 0 Å². The van der Waals surface area contributed by atoms with Crippen molar-refractivity contribution in [3.05, 3.63) is 167 Å². The standard InChI is InChI=1S/C60H65N3O/c1-14-60(12,13)44-27-28-52(48(35-44)40-19-16-15-17-20-40)63-53-22-18-21-47(54(53)62-56(63)49-36-46(58(6,7)8)37-50(55(49)64)59(9,10)11)42-31-43(33-45(32-42)57(3,4)5)51-34-41(29-30-61-51)39-25-23-38(2)24-26-39/h15-37,64H,14H2,1-13H3/i2D3,6D3,7D3,8D3,9D3,10D3,11D3,23D,24D,25D,26D,29D,30D,34D. The second-order valence-electron chi connectivity index (χ2n) is 17.7. The fourth-order valence-electron chi connectivity index (χ4n) is 7.64. The van der Waals surface area contributed by atoms with Crippen LogP contribution in [0.4, 0.5) is 0 Å². The summed E-state index contributed by atoms with van der Waals surface area (Å²) >= 11 is 0. The van der Waals surface area contributed by atoms with E-state index in [1.807, 2.05) is 47.6 Å².